The maximum absolute atomic E-state index is 11.0. The Kier molecular flexibility index (Phi) is 3.58. The quantitative estimate of drug-likeness (QED) is 0.646. The smallest absolute Gasteiger partial charge is 0.164 e. The summed E-state index contributed by atoms with van der Waals surface area (Å²) in [6.45, 7) is 7.28. The molecule has 0 radical (unpaired) electrons. The van der Waals surface area contributed by atoms with Gasteiger partial charge in [0.05, 0.1) is 0 Å². The number of carbonyl (C=O) groups is 1. The molecule has 0 saturated carbocycles. The molecule has 60 valence electrons. The van der Waals surface area contributed by atoms with Crippen molar-refractivity contribution >= 4 is 5.78 Å². The monoisotopic (exact) mass is 144 g/mol. The first kappa shape index (κ1) is 9.63. The highest BCUT2D eigenvalue weighted by molar-refractivity contribution is 5.84. The van der Waals surface area contributed by atoms with Gasteiger partial charge in [-0.1, -0.05) is 27.7 Å². The molecule has 2 heteroatoms. The fourth-order valence-corrected chi connectivity index (χ4v) is 0.670. The average Bonchev–Trinajstić information content (AvgIpc) is 1.84. The van der Waals surface area contributed by atoms with Crippen LogP contribution in [0.5, 0.6) is 0 Å². The van der Waals surface area contributed by atoms with E-state index in [0.717, 1.165) is 0 Å². The van der Waals surface area contributed by atoms with E-state index in [2.05, 4.69) is 0 Å². The van der Waals surface area contributed by atoms with Crippen molar-refractivity contribution in [2.24, 2.45) is 11.8 Å². The molecule has 1 N–H and O–H groups in total. The molecule has 2 nitrogen and oxygen atoms in total. The van der Waals surface area contributed by atoms with Gasteiger partial charge in [0.1, 0.15) is 6.10 Å². The molecule has 0 aromatic carbocycles. The first-order valence-electron chi connectivity index (χ1n) is 3.68. The Balaban J connectivity index is 3.95. The Morgan fingerprint density at radius 2 is 1.60 bits per heavy atom. The standard InChI is InChI=1S/C8H16O2/c1-5(2)7(9)8(10)6(3)4/h5-7,9H,1-4H3/t7-/m0/s1. The molecule has 0 aliphatic rings. The zero-order valence-electron chi connectivity index (χ0n) is 7.09. The molecule has 0 amide bonds. The summed E-state index contributed by atoms with van der Waals surface area (Å²) in [4.78, 5) is 11.0. The molecule has 0 spiro atoms. The molecule has 0 aromatic rings. The van der Waals surface area contributed by atoms with Crippen LogP contribution in [0.25, 0.3) is 0 Å². The van der Waals surface area contributed by atoms with E-state index < -0.39 is 6.10 Å². The van der Waals surface area contributed by atoms with Crippen LogP contribution < -0.4 is 0 Å². The van der Waals surface area contributed by atoms with Crippen LogP contribution >= 0.6 is 0 Å². The van der Waals surface area contributed by atoms with Gasteiger partial charge in [-0.2, -0.15) is 0 Å². The van der Waals surface area contributed by atoms with Gasteiger partial charge >= 0.3 is 0 Å². The first-order valence-corrected chi connectivity index (χ1v) is 3.68. The maximum atomic E-state index is 11.0. The predicted molar refractivity (Wildman–Crippen MR) is 40.7 cm³/mol. The van der Waals surface area contributed by atoms with Gasteiger partial charge < -0.3 is 5.11 Å². The highest BCUT2D eigenvalue weighted by Gasteiger charge is 2.20. The van der Waals surface area contributed by atoms with Crippen LogP contribution in [-0.2, 0) is 4.79 Å². The summed E-state index contributed by atoms with van der Waals surface area (Å²) in [5, 5.41) is 9.22. The zero-order chi connectivity index (χ0) is 8.31. The Morgan fingerprint density at radius 1 is 1.20 bits per heavy atom. The summed E-state index contributed by atoms with van der Waals surface area (Å²) in [6, 6.07) is 0. The minimum atomic E-state index is -0.778. The van der Waals surface area contributed by atoms with Crippen LogP contribution in [0.2, 0.25) is 0 Å². The third kappa shape index (κ3) is 2.48. The van der Waals surface area contributed by atoms with E-state index in [1.165, 1.54) is 0 Å². The van der Waals surface area contributed by atoms with E-state index in [1.54, 1.807) is 13.8 Å². The highest BCUT2D eigenvalue weighted by Crippen LogP contribution is 2.07. The van der Waals surface area contributed by atoms with Crippen molar-refractivity contribution in [3.63, 3.8) is 0 Å². The average molecular weight is 144 g/mol. The van der Waals surface area contributed by atoms with Gasteiger partial charge in [-0.25, -0.2) is 0 Å². The molecule has 10 heavy (non-hydrogen) atoms. The van der Waals surface area contributed by atoms with Crippen molar-refractivity contribution in [1.29, 1.82) is 0 Å². The van der Waals surface area contributed by atoms with E-state index in [0.29, 0.717) is 0 Å². The van der Waals surface area contributed by atoms with Gasteiger partial charge in [0, 0.05) is 5.92 Å². The van der Waals surface area contributed by atoms with Crippen molar-refractivity contribution in [2.75, 3.05) is 0 Å². The van der Waals surface area contributed by atoms with Gasteiger partial charge in [-0.05, 0) is 5.92 Å². The summed E-state index contributed by atoms with van der Waals surface area (Å²) >= 11 is 0. The number of rotatable bonds is 3. The number of ketones is 1. The minimum absolute atomic E-state index is 0.0369. The van der Waals surface area contributed by atoms with Crippen molar-refractivity contribution < 1.29 is 9.90 Å². The van der Waals surface area contributed by atoms with Gasteiger partial charge in [-0.15, -0.1) is 0 Å². The van der Waals surface area contributed by atoms with Gasteiger partial charge in [0.15, 0.2) is 5.78 Å². The van der Waals surface area contributed by atoms with Gasteiger partial charge in [0.25, 0.3) is 0 Å². The number of Topliss-reactive ketones (excluding diaryl/α,β-unsaturated/α-hetero) is 1. The second-order valence-electron chi connectivity index (χ2n) is 3.25. The SMILES string of the molecule is CC(C)C(=O)[C@@H](O)C(C)C. The van der Waals surface area contributed by atoms with Crippen molar-refractivity contribution in [1.82, 2.24) is 0 Å². The number of carbonyl (C=O) groups excluding carboxylic acids is 1. The third-order valence-electron chi connectivity index (χ3n) is 1.49. The van der Waals surface area contributed by atoms with E-state index >= 15 is 0 Å². The summed E-state index contributed by atoms with van der Waals surface area (Å²) in [5.74, 6) is -0.0812. The predicted octanol–water partition coefficient (Wildman–Crippen LogP) is 1.23. The lowest BCUT2D eigenvalue weighted by Crippen LogP contribution is -2.29. The van der Waals surface area contributed by atoms with Crippen LogP contribution in [0.1, 0.15) is 27.7 Å². The molecule has 0 aliphatic carbocycles. The summed E-state index contributed by atoms with van der Waals surface area (Å²) in [6.07, 6.45) is -0.778. The first-order chi connectivity index (χ1) is 4.46. The molecule has 0 heterocycles. The van der Waals surface area contributed by atoms with Crippen LogP contribution in [0.15, 0.2) is 0 Å². The second kappa shape index (κ2) is 3.71. The molecule has 0 unspecified atom stereocenters. The fourth-order valence-electron chi connectivity index (χ4n) is 0.670. The van der Waals surface area contributed by atoms with Gasteiger partial charge in [0.2, 0.25) is 0 Å². The largest absolute Gasteiger partial charge is 0.385 e. The summed E-state index contributed by atoms with van der Waals surface area (Å²) in [7, 11) is 0. The number of hydrogen-bond acceptors (Lipinski definition) is 2. The molecular formula is C8H16O2. The Hall–Kier alpha value is -0.370. The molecule has 0 bridgehead atoms. The number of hydrogen-bond donors (Lipinski definition) is 1. The Bertz CT molecular complexity index is 116. The lowest BCUT2D eigenvalue weighted by atomic mass is 9.96. The second-order valence-corrected chi connectivity index (χ2v) is 3.25. The molecule has 0 saturated heterocycles. The third-order valence-corrected chi connectivity index (χ3v) is 1.49. The van der Waals surface area contributed by atoms with Crippen LogP contribution in [0.4, 0.5) is 0 Å². The van der Waals surface area contributed by atoms with Gasteiger partial charge in [-0.3, -0.25) is 4.79 Å². The van der Waals surface area contributed by atoms with E-state index in [9.17, 15) is 9.90 Å². The molecule has 0 aromatic heterocycles. The number of aliphatic hydroxyl groups excluding tert-OH is 1. The maximum Gasteiger partial charge on any atom is 0.164 e. The fraction of sp³-hybridized carbons (Fsp3) is 0.875. The van der Waals surface area contributed by atoms with Crippen LogP contribution in [0.3, 0.4) is 0 Å². The van der Waals surface area contributed by atoms with E-state index in [1.807, 2.05) is 13.8 Å². The summed E-state index contributed by atoms with van der Waals surface area (Å²) in [5.41, 5.74) is 0. The molecule has 1 atom stereocenters. The Labute approximate surface area is 62.2 Å². The topological polar surface area (TPSA) is 37.3 Å². The Morgan fingerprint density at radius 3 is 1.70 bits per heavy atom. The molecule has 0 fully saturated rings. The van der Waals surface area contributed by atoms with Crippen molar-refractivity contribution in [3.05, 3.63) is 0 Å². The minimum Gasteiger partial charge on any atom is -0.385 e. The highest BCUT2D eigenvalue weighted by atomic mass is 16.3. The van der Waals surface area contributed by atoms with Crippen molar-refractivity contribution in [2.45, 2.75) is 33.8 Å². The lowest BCUT2D eigenvalue weighted by Gasteiger charge is -2.14. The molecule has 0 rings (SSSR count). The molecular weight excluding hydrogens is 128 g/mol. The van der Waals surface area contributed by atoms with Crippen LogP contribution in [-0.4, -0.2) is 17.0 Å². The van der Waals surface area contributed by atoms with Crippen molar-refractivity contribution in [3.8, 4) is 0 Å². The van der Waals surface area contributed by atoms with E-state index in [-0.39, 0.29) is 17.6 Å². The van der Waals surface area contributed by atoms with E-state index in [4.69, 9.17) is 0 Å². The summed E-state index contributed by atoms with van der Waals surface area (Å²) < 4.78 is 0. The lowest BCUT2D eigenvalue weighted by molar-refractivity contribution is -0.132. The normalized spacial score (nSPS) is 14.3. The zero-order valence-corrected chi connectivity index (χ0v) is 7.09. The number of aliphatic hydroxyl groups is 1. The molecule has 0 aliphatic heterocycles. The van der Waals surface area contributed by atoms with Crippen LogP contribution in [0, 0.1) is 11.8 Å².